The fraction of sp³-hybridized carbons (Fsp3) is 0.188. The maximum Gasteiger partial charge on any atom is 0.163 e. The molecule has 1 heterocycles. The third kappa shape index (κ3) is 3.24. The van der Waals surface area contributed by atoms with Gasteiger partial charge in [-0.25, -0.2) is 0 Å². The Labute approximate surface area is 133 Å². The Balaban J connectivity index is 2.37. The lowest BCUT2D eigenvalue weighted by molar-refractivity contribution is -0.120. The molecule has 106 valence electrons. The van der Waals surface area contributed by atoms with Gasteiger partial charge < -0.3 is 0 Å². The number of rotatable bonds is 4. The van der Waals surface area contributed by atoms with Gasteiger partial charge in [0.1, 0.15) is 5.92 Å². The van der Waals surface area contributed by atoms with Crippen LogP contribution in [0.3, 0.4) is 0 Å². The fourth-order valence-corrected chi connectivity index (χ4v) is 2.86. The predicted molar refractivity (Wildman–Crippen MR) is 82.5 cm³/mol. The molecule has 0 aliphatic carbocycles. The van der Waals surface area contributed by atoms with Crippen molar-refractivity contribution in [1.29, 1.82) is 5.26 Å². The van der Waals surface area contributed by atoms with Gasteiger partial charge in [0.2, 0.25) is 0 Å². The third-order valence-electron chi connectivity index (χ3n) is 3.26. The average molecular weight is 319 g/mol. The third-order valence-corrected chi connectivity index (χ3v) is 3.92. The predicted octanol–water partition coefficient (Wildman–Crippen LogP) is 4.37. The van der Waals surface area contributed by atoms with E-state index >= 15 is 0 Å². The Morgan fingerprint density at radius 1 is 1.19 bits per heavy atom. The SMILES string of the molecule is C[C@@H](C(=O)[C@H](C#N)c1ccccn1)c1c(Cl)cccc1Cl. The van der Waals surface area contributed by atoms with Crippen LogP contribution in [0.2, 0.25) is 10.0 Å². The molecule has 0 spiro atoms. The van der Waals surface area contributed by atoms with E-state index < -0.39 is 11.8 Å². The first-order chi connectivity index (χ1) is 10.1. The van der Waals surface area contributed by atoms with Gasteiger partial charge in [-0.2, -0.15) is 5.26 Å². The van der Waals surface area contributed by atoms with E-state index in [0.29, 0.717) is 21.3 Å². The number of ketones is 1. The van der Waals surface area contributed by atoms with Crippen LogP contribution in [0.1, 0.15) is 30.0 Å². The van der Waals surface area contributed by atoms with Crippen LogP contribution in [0, 0.1) is 11.3 Å². The van der Waals surface area contributed by atoms with Crippen molar-refractivity contribution >= 4 is 29.0 Å². The van der Waals surface area contributed by atoms with Gasteiger partial charge in [0.05, 0.1) is 11.8 Å². The Morgan fingerprint density at radius 3 is 2.38 bits per heavy atom. The molecule has 0 aliphatic heterocycles. The molecule has 2 rings (SSSR count). The zero-order valence-electron chi connectivity index (χ0n) is 11.3. The number of pyridine rings is 1. The zero-order valence-corrected chi connectivity index (χ0v) is 12.8. The summed E-state index contributed by atoms with van der Waals surface area (Å²) in [5, 5.41) is 10.1. The number of nitrogens with zero attached hydrogens (tertiary/aromatic N) is 2. The van der Waals surface area contributed by atoms with E-state index in [-0.39, 0.29) is 5.78 Å². The molecular formula is C16H12Cl2N2O. The number of hydrogen-bond acceptors (Lipinski definition) is 3. The van der Waals surface area contributed by atoms with Gasteiger partial charge in [-0.15, -0.1) is 0 Å². The van der Waals surface area contributed by atoms with Crippen molar-refractivity contribution in [1.82, 2.24) is 4.98 Å². The normalized spacial score (nSPS) is 13.2. The molecule has 0 N–H and O–H groups in total. The second kappa shape index (κ2) is 6.71. The van der Waals surface area contributed by atoms with Crippen LogP contribution >= 0.6 is 23.2 Å². The molecule has 0 saturated carbocycles. The summed E-state index contributed by atoms with van der Waals surface area (Å²) >= 11 is 12.3. The lowest BCUT2D eigenvalue weighted by Gasteiger charge is -2.17. The van der Waals surface area contributed by atoms with E-state index in [1.807, 2.05) is 6.07 Å². The number of aromatic nitrogens is 1. The summed E-state index contributed by atoms with van der Waals surface area (Å²) in [5.41, 5.74) is 0.974. The van der Waals surface area contributed by atoms with Crippen LogP contribution in [-0.4, -0.2) is 10.8 Å². The largest absolute Gasteiger partial charge is 0.297 e. The molecular weight excluding hydrogens is 307 g/mol. The molecule has 0 fully saturated rings. The molecule has 1 aromatic carbocycles. The maximum atomic E-state index is 12.6. The molecule has 0 aliphatic rings. The van der Waals surface area contributed by atoms with Crippen LogP contribution in [-0.2, 0) is 4.79 Å². The number of halogens is 2. The number of benzene rings is 1. The molecule has 0 bridgehead atoms. The van der Waals surface area contributed by atoms with E-state index in [0.717, 1.165) is 0 Å². The molecule has 1 aromatic heterocycles. The number of hydrogen-bond donors (Lipinski definition) is 0. The second-order valence-corrected chi connectivity index (χ2v) is 5.39. The van der Waals surface area contributed by atoms with Crippen molar-refractivity contribution in [2.45, 2.75) is 18.8 Å². The highest BCUT2D eigenvalue weighted by Gasteiger charge is 2.29. The van der Waals surface area contributed by atoms with Crippen molar-refractivity contribution in [3.63, 3.8) is 0 Å². The number of carbonyl (C=O) groups excluding carboxylic acids is 1. The molecule has 3 nitrogen and oxygen atoms in total. The average Bonchev–Trinajstić information content (AvgIpc) is 2.48. The van der Waals surface area contributed by atoms with Crippen molar-refractivity contribution < 1.29 is 4.79 Å². The standard InChI is InChI=1S/C16H12Cl2N2O/c1-10(15-12(17)5-4-6-13(15)18)16(21)11(9-19)14-7-2-3-8-20-14/h2-8,10-11H,1H3/t10-,11-/m1/s1. The van der Waals surface area contributed by atoms with Crippen LogP contribution in [0.5, 0.6) is 0 Å². The molecule has 0 unspecified atom stereocenters. The smallest absolute Gasteiger partial charge is 0.163 e. The Kier molecular flexibility index (Phi) is 4.95. The topological polar surface area (TPSA) is 53.8 Å². The lowest BCUT2D eigenvalue weighted by Crippen LogP contribution is -2.19. The number of nitriles is 1. The van der Waals surface area contributed by atoms with E-state index in [1.54, 1.807) is 49.5 Å². The maximum absolute atomic E-state index is 12.6. The Bertz CT molecular complexity index is 675. The van der Waals surface area contributed by atoms with Gasteiger partial charge in [-0.3, -0.25) is 9.78 Å². The van der Waals surface area contributed by atoms with Crippen molar-refractivity contribution in [2.24, 2.45) is 0 Å². The monoisotopic (exact) mass is 318 g/mol. The van der Waals surface area contributed by atoms with Gasteiger partial charge in [-0.05, 0) is 29.8 Å². The summed E-state index contributed by atoms with van der Waals surface area (Å²) in [4.78, 5) is 16.7. The molecule has 2 aromatic rings. The fourth-order valence-electron chi connectivity index (χ4n) is 2.14. The molecule has 2 atom stereocenters. The summed E-state index contributed by atoms with van der Waals surface area (Å²) in [6.07, 6.45) is 1.56. The second-order valence-electron chi connectivity index (χ2n) is 4.58. The quantitative estimate of drug-likeness (QED) is 0.841. The minimum absolute atomic E-state index is 0.272. The van der Waals surface area contributed by atoms with E-state index in [4.69, 9.17) is 23.2 Å². The lowest BCUT2D eigenvalue weighted by atomic mass is 9.87. The first-order valence-electron chi connectivity index (χ1n) is 6.34. The van der Waals surface area contributed by atoms with Crippen molar-refractivity contribution in [3.8, 4) is 6.07 Å². The van der Waals surface area contributed by atoms with Crippen LogP contribution < -0.4 is 0 Å². The van der Waals surface area contributed by atoms with E-state index in [1.165, 1.54) is 0 Å². The summed E-state index contributed by atoms with van der Waals surface area (Å²) in [6.45, 7) is 1.70. The van der Waals surface area contributed by atoms with Crippen LogP contribution in [0.15, 0.2) is 42.6 Å². The number of carbonyl (C=O) groups is 1. The van der Waals surface area contributed by atoms with E-state index in [2.05, 4.69) is 4.98 Å². The summed E-state index contributed by atoms with van der Waals surface area (Å²) in [7, 11) is 0. The highest BCUT2D eigenvalue weighted by molar-refractivity contribution is 6.36. The molecule has 21 heavy (non-hydrogen) atoms. The minimum atomic E-state index is -0.937. The summed E-state index contributed by atoms with van der Waals surface area (Å²) in [6, 6.07) is 12.2. The van der Waals surface area contributed by atoms with Gasteiger partial charge in [0.15, 0.2) is 5.78 Å². The zero-order chi connectivity index (χ0) is 15.4. The van der Waals surface area contributed by atoms with Crippen molar-refractivity contribution in [2.75, 3.05) is 0 Å². The van der Waals surface area contributed by atoms with Gasteiger partial charge >= 0.3 is 0 Å². The first-order valence-corrected chi connectivity index (χ1v) is 7.10. The molecule has 0 radical (unpaired) electrons. The van der Waals surface area contributed by atoms with Crippen molar-refractivity contribution in [3.05, 3.63) is 63.9 Å². The minimum Gasteiger partial charge on any atom is -0.297 e. The highest BCUT2D eigenvalue weighted by atomic mass is 35.5. The summed E-state index contributed by atoms with van der Waals surface area (Å²) in [5.74, 6) is -1.79. The number of Topliss-reactive ketones (excluding diaryl/α,β-unsaturated/α-hetero) is 1. The Morgan fingerprint density at radius 2 is 1.86 bits per heavy atom. The molecule has 0 amide bonds. The van der Waals surface area contributed by atoms with Crippen LogP contribution in [0.25, 0.3) is 0 Å². The van der Waals surface area contributed by atoms with Gasteiger partial charge in [-0.1, -0.05) is 42.3 Å². The highest BCUT2D eigenvalue weighted by Crippen LogP contribution is 2.34. The molecule has 5 heteroatoms. The molecule has 0 saturated heterocycles. The van der Waals surface area contributed by atoms with Gasteiger partial charge in [0.25, 0.3) is 0 Å². The first kappa shape index (κ1) is 15.5. The summed E-state index contributed by atoms with van der Waals surface area (Å²) < 4.78 is 0. The Hall–Kier alpha value is -1.89. The van der Waals surface area contributed by atoms with E-state index in [9.17, 15) is 10.1 Å². The van der Waals surface area contributed by atoms with Gasteiger partial charge in [0, 0.05) is 22.2 Å². The van der Waals surface area contributed by atoms with Crippen LogP contribution in [0.4, 0.5) is 0 Å².